The molecule has 0 aliphatic rings. The van der Waals surface area contributed by atoms with Crippen molar-refractivity contribution in [2.45, 2.75) is 0 Å². The minimum absolute atomic E-state index is 0.181. The van der Waals surface area contributed by atoms with Crippen molar-refractivity contribution in [3.05, 3.63) is 48.0 Å². The number of hydrogen-bond donors (Lipinski definition) is 1. The molecule has 2 rings (SSSR count). The van der Waals surface area contributed by atoms with E-state index in [9.17, 15) is 4.39 Å². The van der Waals surface area contributed by atoms with Crippen LogP contribution in [0.3, 0.4) is 0 Å². The van der Waals surface area contributed by atoms with Gasteiger partial charge in [-0.15, -0.1) is 0 Å². The van der Waals surface area contributed by atoms with Crippen LogP contribution in [0.2, 0.25) is 0 Å². The Hall–Kier alpha value is -1.75. The van der Waals surface area contributed by atoms with Crippen LogP contribution in [0.4, 0.5) is 4.39 Å². The fraction of sp³-hybridized carbons (Fsp3) is 0. The van der Waals surface area contributed by atoms with Gasteiger partial charge in [-0.1, -0.05) is 12.2 Å². The Morgan fingerprint density at radius 2 is 2.27 bits per heavy atom. The number of aromatic nitrogens is 2. The molecule has 2 N–H and O–H groups in total. The molecular weight excluding hydrogens is 213 g/mol. The number of benzene rings is 1. The average molecular weight is 221 g/mol. The van der Waals surface area contributed by atoms with Crippen molar-refractivity contribution in [3.8, 4) is 5.69 Å². The van der Waals surface area contributed by atoms with Crippen LogP contribution in [0.25, 0.3) is 5.69 Å². The number of rotatable bonds is 2. The molecule has 0 aliphatic carbocycles. The standard InChI is InChI=1S/C10H8FN3S/c11-8-6-7(10(12)15)2-3-9(8)14-5-1-4-13-14/h1-6H,(H2,12,15). The van der Waals surface area contributed by atoms with Crippen molar-refractivity contribution < 1.29 is 4.39 Å². The second-order valence-electron chi connectivity index (χ2n) is 2.98. The Labute approximate surface area is 91.3 Å². The second-order valence-corrected chi connectivity index (χ2v) is 3.42. The maximum Gasteiger partial charge on any atom is 0.149 e. The van der Waals surface area contributed by atoms with Gasteiger partial charge in [0.05, 0.1) is 0 Å². The Kier molecular flexibility index (Phi) is 2.47. The molecule has 2 aromatic rings. The second kappa shape index (κ2) is 3.78. The number of thiocarbonyl (C=S) groups is 1. The van der Waals surface area contributed by atoms with Gasteiger partial charge in [0.2, 0.25) is 0 Å². The Bertz CT molecular complexity index is 493. The normalized spacial score (nSPS) is 10.2. The molecule has 76 valence electrons. The van der Waals surface area contributed by atoms with E-state index in [0.717, 1.165) is 0 Å². The molecule has 0 atom stereocenters. The van der Waals surface area contributed by atoms with Gasteiger partial charge in [-0.3, -0.25) is 0 Å². The third-order valence-electron chi connectivity index (χ3n) is 1.98. The maximum atomic E-state index is 13.6. The summed E-state index contributed by atoms with van der Waals surface area (Å²) in [7, 11) is 0. The van der Waals surface area contributed by atoms with E-state index in [4.69, 9.17) is 18.0 Å². The lowest BCUT2D eigenvalue weighted by molar-refractivity contribution is 0.610. The molecule has 0 radical (unpaired) electrons. The molecule has 0 saturated heterocycles. The Balaban J connectivity index is 2.48. The highest BCUT2D eigenvalue weighted by molar-refractivity contribution is 7.80. The van der Waals surface area contributed by atoms with Crippen molar-refractivity contribution >= 4 is 17.2 Å². The third kappa shape index (κ3) is 1.87. The summed E-state index contributed by atoms with van der Waals surface area (Å²) in [6, 6.07) is 6.29. The minimum Gasteiger partial charge on any atom is -0.389 e. The number of hydrogen-bond acceptors (Lipinski definition) is 2. The van der Waals surface area contributed by atoms with Crippen molar-refractivity contribution in [1.29, 1.82) is 0 Å². The van der Waals surface area contributed by atoms with Crippen molar-refractivity contribution in [2.24, 2.45) is 5.73 Å². The molecule has 0 unspecified atom stereocenters. The molecule has 0 fully saturated rings. The van der Waals surface area contributed by atoms with Gasteiger partial charge < -0.3 is 5.73 Å². The van der Waals surface area contributed by atoms with Crippen LogP contribution >= 0.6 is 12.2 Å². The zero-order valence-electron chi connectivity index (χ0n) is 7.72. The zero-order chi connectivity index (χ0) is 10.8. The van der Waals surface area contributed by atoms with Gasteiger partial charge >= 0.3 is 0 Å². The van der Waals surface area contributed by atoms with Crippen LogP contribution in [0.5, 0.6) is 0 Å². The number of nitrogens with zero attached hydrogens (tertiary/aromatic N) is 2. The summed E-state index contributed by atoms with van der Waals surface area (Å²) in [5.41, 5.74) is 6.28. The fourth-order valence-corrected chi connectivity index (χ4v) is 1.38. The van der Waals surface area contributed by atoms with Crippen LogP contribution in [0.1, 0.15) is 5.56 Å². The first kappa shape index (κ1) is 9.79. The molecule has 15 heavy (non-hydrogen) atoms. The summed E-state index contributed by atoms with van der Waals surface area (Å²) in [6.45, 7) is 0. The summed E-state index contributed by atoms with van der Waals surface area (Å²) in [6.07, 6.45) is 3.25. The van der Waals surface area contributed by atoms with E-state index >= 15 is 0 Å². The molecule has 0 aliphatic heterocycles. The first-order valence-corrected chi connectivity index (χ1v) is 4.68. The Morgan fingerprint density at radius 1 is 1.47 bits per heavy atom. The lowest BCUT2D eigenvalue weighted by Crippen LogP contribution is -2.10. The predicted octanol–water partition coefficient (Wildman–Crippen LogP) is 1.65. The summed E-state index contributed by atoms with van der Waals surface area (Å²) in [4.78, 5) is 0.181. The van der Waals surface area contributed by atoms with Crippen LogP contribution in [0.15, 0.2) is 36.7 Å². The highest BCUT2D eigenvalue weighted by Gasteiger charge is 2.06. The number of halogens is 1. The fourth-order valence-electron chi connectivity index (χ4n) is 1.26. The summed E-state index contributed by atoms with van der Waals surface area (Å²) < 4.78 is 15.0. The summed E-state index contributed by atoms with van der Waals surface area (Å²) in [5, 5.41) is 3.93. The third-order valence-corrected chi connectivity index (χ3v) is 2.22. The van der Waals surface area contributed by atoms with Gasteiger partial charge in [0.1, 0.15) is 16.5 Å². The first-order chi connectivity index (χ1) is 7.18. The molecule has 1 aromatic heterocycles. The van der Waals surface area contributed by atoms with E-state index in [2.05, 4.69) is 5.10 Å². The van der Waals surface area contributed by atoms with Crippen molar-refractivity contribution in [2.75, 3.05) is 0 Å². The quantitative estimate of drug-likeness (QED) is 0.784. The molecule has 5 heteroatoms. The van der Waals surface area contributed by atoms with E-state index in [1.807, 2.05) is 0 Å². The smallest absolute Gasteiger partial charge is 0.149 e. The average Bonchev–Trinajstić information content (AvgIpc) is 2.70. The molecular formula is C10H8FN3S. The Morgan fingerprint density at radius 3 is 2.80 bits per heavy atom. The highest BCUT2D eigenvalue weighted by atomic mass is 32.1. The van der Waals surface area contributed by atoms with Gasteiger partial charge in [0.25, 0.3) is 0 Å². The molecule has 0 bridgehead atoms. The minimum atomic E-state index is -0.399. The van der Waals surface area contributed by atoms with Crippen LogP contribution < -0.4 is 5.73 Å². The van der Waals surface area contributed by atoms with E-state index in [1.54, 1.807) is 30.6 Å². The van der Waals surface area contributed by atoms with Crippen molar-refractivity contribution in [1.82, 2.24) is 9.78 Å². The van der Waals surface area contributed by atoms with E-state index in [0.29, 0.717) is 11.3 Å². The topological polar surface area (TPSA) is 43.8 Å². The lowest BCUT2D eigenvalue weighted by Gasteiger charge is -2.04. The van der Waals surface area contributed by atoms with Gasteiger partial charge in [0, 0.05) is 18.0 Å². The van der Waals surface area contributed by atoms with E-state index < -0.39 is 5.82 Å². The number of nitrogens with two attached hydrogens (primary N) is 1. The van der Waals surface area contributed by atoms with Crippen molar-refractivity contribution in [3.63, 3.8) is 0 Å². The molecule has 1 heterocycles. The summed E-state index contributed by atoms with van der Waals surface area (Å²) in [5.74, 6) is -0.399. The lowest BCUT2D eigenvalue weighted by atomic mass is 10.2. The molecule has 0 spiro atoms. The van der Waals surface area contributed by atoms with Crippen LogP contribution in [-0.4, -0.2) is 14.8 Å². The maximum absolute atomic E-state index is 13.6. The predicted molar refractivity (Wildman–Crippen MR) is 59.4 cm³/mol. The monoisotopic (exact) mass is 221 g/mol. The largest absolute Gasteiger partial charge is 0.389 e. The van der Waals surface area contributed by atoms with Gasteiger partial charge in [-0.05, 0) is 24.3 Å². The SMILES string of the molecule is NC(=S)c1ccc(-n2cccn2)c(F)c1. The van der Waals surface area contributed by atoms with E-state index in [1.165, 1.54) is 10.7 Å². The zero-order valence-corrected chi connectivity index (χ0v) is 8.54. The van der Waals surface area contributed by atoms with Crippen LogP contribution in [0, 0.1) is 5.82 Å². The van der Waals surface area contributed by atoms with Gasteiger partial charge in [-0.2, -0.15) is 5.10 Å². The molecule has 0 amide bonds. The molecule has 3 nitrogen and oxygen atoms in total. The first-order valence-electron chi connectivity index (χ1n) is 4.28. The van der Waals surface area contributed by atoms with Gasteiger partial charge in [-0.25, -0.2) is 9.07 Å². The molecule has 0 saturated carbocycles. The molecule has 1 aromatic carbocycles. The van der Waals surface area contributed by atoms with E-state index in [-0.39, 0.29) is 4.99 Å². The van der Waals surface area contributed by atoms with Crippen LogP contribution in [-0.2, 0) is 0 Å². The summed E-state index contributed by atoms with van der Waals surface area (Å²) >= 11 is 4.75. The highest BCUT2D eigenvalue weighted by Crippen LogP contribution is 2.14. The van der Waals surface area contributed by atoms with Gasteiger partial charge in [0.15, 0.2) is 0 Å².